The third kappa shape index (κ3) is 6.49. The van der Waals surface area contributed by atoms with E-state index >= 15 is 0 Å². The highest BCUT2D eigenvalue weighted by Crippen LogP contribution is 2.43. The van der Waals surface area contributed by atoms with Gasteiger partial charge in [0, 0.05) is 12.1 Å². The summed E-state index contributed by atoms with van der Waals surface area (Å²) in [5.74, 6) is -0.0354. The first-order valence-electron chi connectivity index (χ1n) is 9.99. The number of ether oxygens (including phenoxy) is 4. The van der Waals surface area contributed by atoms with Gasteiger partial charge in [0.25, 0.3) is 5.91 Å². The number of amides is 1. The smallest absolute Gasteiger partial charge is 0.258 e. The molecule has 2 aromatic rings. The minimum Gasteiger partial charge on any atom is -0.494 e. The van der Waals surface area contributed by atoms with Crippen molar-refractivity contribution in [2.75, 3.05) is 32.8 Å². The number of carbonyl (C=O) groups excluding carboxylic acids is 2. The highest BCUT2D eigenvalue weighted by Gasteiger charge is 2.26. The molecule has 0 bridgehead atoms. The van der Waals surface area contributed by atoms with E-state index in [1.165, 1.54) is 27.2 Å². The summed E-state index contributed by atoms with van der Waals surface area (Å²) in [6.07, 6.45) is 0. The number of hydrogen-bond donors (Lipinski definition) is 1. The Kier molecular flexibility index (Phi) is 9.74. The Morgan fingerprint density at radius 2 is 1.70 bits per heavy atom. The molecule has 1 unspecified atom stereocenters. The lowest BCUT2D eigenvalue weighted by molar-refractivity contribution is -0.126. The van der Waals surface area contributed by atoms with E-state index in [2.05, 4.69) is 15.5 Å². The molecule has 0 heterocycles. The molecule has 0 saturated carbocycles. The van der Waals surface area contributed by atoms with Gasteiger partial charge in [-0.05, 0) is 32.9 Å². The van der Waals surface area contributed by atoms with Crippen LogP contribution in [-0.2, 0) is 9.59 Å². The summed E-state index contributed by atoms with van der Waals surface area (Å²) in [5, 5.41) is 11.0. The molecule has 0 fully saturated rings. The number of hydrogen-bond acceptors (Lipinski definition) is 8. The fraction of sp³-hybridized carbons (Fsp3) is 0.364. The lowest BCUT2D eigenvalue weighted by Crippen LogP contribution is -2.32. The quantitative estimate of drug-likeness (QED) is 0.324. The van der Waals surface area contributed by atoms with Gasteiger partial charge < -0.3 is 24.3 Å². The second kappa shape index (κ2) is 12.3. The first kappa shape index (κ1) is 26.2. The van der Waals surface area contributed by atoms with Crippen LogP contribution in [0.15, 0.2) is 34.5 Å². The molecule has 2 rings (SSSR count). The Bertz CT molecular complexity index is 1050. The molecule has 1 atom stereocenters. The molecule has 178 valence electrons. The second-order valence-corrected chi connectivity index (χ2v) is 7.31. The molecular formula is C22H25Cl2N3O6. The minimum atomic E-state index is -1.47. The van der Waals surface area contributed by atoms with Gasteiger partial charge >= 0.3 is 0 Å². The second-order valence-electron chi connectivity index (χ2n) is 6.50. The van der Waals surface area contributed by atoms with Crippen molar-refractivity contribution in [1.29, 1.82) is 0 Å². The normalized spacial score (nSPS) is 11.7. The van der Waals surface area contributed by atoms with E-state index in [9.17, 15) is 9.59 Å². The van der Waals surface area contributed by atoms with Crippen LogP contribution in [0.4, 0.5) is 11.4 Å². The summed E-state index contributed by atoms with van der Waals surface area (Å²) < 4.78 is 21.5. The number of rotatable bonds is 11. The van der Waals surface area contributed by atoms with Gasteiger partial charge in [-0.25, -0.2) is 0 Å². The van der Waals surface area contributed by atoms with Gasteiger partial charge in [0.05, 0.1) is 43.2 Å². The summed E-state index contributed by atoms with van der Waals surface area (Å²) in [5.41, 5.74) is 0.352. The summed E-state index contributed by atoms with van der Waals surface area (Å²) in [6, 6.07) is 4.79. The van der Waals surface area contributed by atoms with Crippen molar-refractivity contribution in [2.45, 2.75) is 26.8 Å². The van der Waals surface area contributed by atoms with Crippen molar-refractivity contribution in [3.8, 4) is 23.0 Å². The number of anilines is 1. The molecule has 0 spiro atoms. The largest absolute Gasteiger partial charge is 0.494 e. The zero-order chi connectivity index (χ0) is 24.5. The molecule has 9 nitrogen and oxygen atoms in total. The number of nitrogens with zero attached hydrogens (tertiary/aromatic N) is 2. The SMILES string of the molecule is CCOc1cc(Cl)c(OCC)c(NC(=O)C(N=Nc2c(Cl)ccc(OC)c2OC)C(C)=O)c1. The minimum absolute atomic E-state index is 0.119. The average Bonchev–Trinajstić information content (AvgIpc) is 2.77. The fourth-order valence-corrected chi connectivity index (χ4v) is 3.27. The predicted molar refractivity (Wildman–Crippen MR) is 126 cm³/mol. The maximum absolute atomic E-state index is 13.0. The van der Waals surface area contributed by atoms with E-state index in [1.54, 1.807) is 25.1 Å². The zero-order valence-corrected chi connectivity index (χ0v) is 20.4. The molecule has 0 saturated heterocycles. The van der Waals surface area contributed by atoms with Crippen LogP contribution in [0.25, 0.3) is 0 Å². The van der Waals surface area contributed by atoms with Gasteiger partial charge in [-0.2, -0.15) is 5.11 Å². The van der Waals surface area contributed by atoms with Gasteiger partial charge in [-0.3, -0.25) is 9.59 Å². The highest BCUT2D eigenvalue weighted by atomic mass is 35.5. The van der Waals surface area contributed by atoms with Gasteiger partial charge in [0.1, 0.15) is 11.4 Å². The third-order valence-corrected chi connectivity index (χ3v) is 4.84. The predicted octanol–water partition coefficient (Wildman–Crippen LogP) is 5.49. The van der Waals surface area contributed by atoms with Crippen LogP contribution in [0.5, 0.6) is 23.0 Å². The summed E-state index contributed by atoms with van der Waals surface area (Å²) in [4.78, 5) is 25.2. The number of ketones is 1. The van der Waals surface area contributed by atoms with E-state index in [4.69, 9.17) is 42.1 Å². The maximum Gasteiger partial charge on any atom is 0.258 e. The van der Waals surface area contributed by atoms with E-state index in [0.717, 1.165) is 0 Å². The summed E-state index contributed by atoms with van der Waals surface area (Å²) >= 11 is 12.5. The Balaban J connectivity index is 2.41. The van der Waals surface area contributed by atoms with Crippen LogP contribution in [0.2, 0.25) is 10.0 Å². The molecule has 1 N–H and O–H groups in total. The monoisotopic (exact) mass is 497 g/mol. The number of halogens is 2. The van der Waals surface area contributed by atoms with Crippen LogP contribution in [0, 0.1) is 0 Å². The van der Waals surface area contributed by atoms with Crippen LogP contribution in [-0.4, -0.2) is 45.2 Å². The van der Waals surface area contributed by atoms with Gasteiger partial charge in [-0.1, -0.05) is 23.2 Å². The molecule has 2 aromatic carbocycles. The Morgan fingerprint density at radius 3 is 2.27 bits per heavy atom. The third-order valence-electron chi connectivity index (χ3n) is 4.25. The number of benzene rings is 2. The maximum atomic E-state index is 13.0. The first-order chi connectivity index (χ1) is 15.8. The van der Waals surface area contributed by atoms with Crippen molar-refractivity contribution in [3.05, 3.63) is 34.3 Å². The molecule has 0 aliphatic carbocycles. The Morgan fingerprint density at radius 1 is 1.00 bits per heavy atom. The van der Waals surface area contributed by atoms with Crippen LogP contribution >= 0.6 is 23.2 Å². The van der Waals surface area contributed by atoms with Crippen molar-refractivity contribution in [1.82, 2.24) is 0 Å². The Labute approximate surface area is 202 Å². The van der Waals surface area contributed by atoms with Crippen LogP contribution in [0.1, 0.15) is 20.8 Å². The topological polar surface area (TPSA) is 108 Å². The number of methoxy groups -OCH3 is 2. The zero-order valence-electron chi connectivity index (χ0n) is 18.9. The molecule has 11 heteroatoms. The molecule has 0 radical (unpaired) electrons. The molecule has 1 amide bonds. The standard InChI is InChI=1S/C22H25Cl2N3O6/c1-6-32-13-10-15(24)20(33-7-2)16(11-13)25-22(29)18(12(3)28)26-27-19-14(23)8-9-17(30-4)21(19)31-5/h8-11,18H,6-7H2,1-5H3,(H,25,29). The molecular weight excluding hydrogens is 473 g/mol. The van der Waals surface area contributed by atoms with E-state index < -0.39 is 17.7 Å². The summed E-state index contributed by atoms with van der Waals surface area (Å²) in [7, 11) is 2.86. The number of nitrogens with one attached hydrogen (secondary N) is 1. The molecule has 0 aromatic heterocycles. The van der Waals surface area contributed by atoms with Crippen molar-refractivity contribution >= 4 is 46.3 Å². The fourth-order valence-electron chi connectivity index (χ4n) is 2.82. The number of Topliss-reactive ketones (excluding diaryl/α,β-unsaturated/α-hetero) is 1. The average molecular weight is 498 g/mol. The van der Waals surface area contributed by atoms with Gasteiger partial charge in [0.2, 0.25) is 6.04 Å². The lowest BCUT2D eigenvalue weighted by atomic mass is 10.2. The molecule has 0 aliphatic rings. The Hall–Kier alpha value is -3.04. The van der Waals surface area contributed by atoms with Crippen molar-refractivity contribution < 1.29 is 28.5 Å². The lowest BCUT2D eigenvalue weighted by Gasteiger charge is -2.16. The van der Waals surface area contributed by atoms with E-state index in [1.807, 2.05) is 6.92 Å². The van der Waals surface area contributed by atoms with Crippen LogP contribution < -0.4 is 24.3 Å². The van der Waals surface area contributed by atoms with Crippen molar-refractivity contribution in [2.24, 2.45) is 10.2 Å². The first-order valence-corrected chi connectivity index (χ1v) is 10.7. The van der Waals surface area contributed by atoms with E-state index in [0.29, 0.717) is 24.7 Å². The van der Waals surface area contributed by atoms with Gasteiger partial charge in [-0.15, -0.1) is 5.11 Å². The number of carbonyl (C=O) groups is 2. The van der Waals surface area contributed by atoms with Crippen LogP contribution in [0.3, 0.4) is 0 Å². The number of azo groups is 1. The summed E-state index contributed by atoms with van der Waals surface area (Å²) in [6.45, 7) is 5.51. The van der Waals surface area contributed by atoms with Crippen molar-refractivity contribution in [3.63, 3.8) is 0 Å². The van der Waals surface area contributed by atoms with Gasteiger partial charge in [0.15, 0.2) is 23.0 Å². The molecule has 33 heavy (non-hydrogen) atoms. The molecule has 0 aliphatic heterocycles. The highest BCUT2D eigenvalue weighted by molar-refractivity contribution is 6.33. The van der Waals surface area contributed by atoms with E-state index in [-0.39, 0.29) is 32.9 Å².